The summed E-state index contributed by atoms with van der Waals surface area (Å²) in [5.74, 6) is -0.814. The summed E-state index contributed by atoms with van der Waals surface area (Å²) in [5, 5.41) is 9.03. The van der Waals surface area contributed by atoms with E-state index in [1.165, 1.54) is 0 Å². The molecule has 0 radical (unpaired) electrons. The molecule has 15 heavy (non-hydrogen) atoms. The molecule has 1 saturated heterocycles. The Hall–Kier alpha value is -0.900. The van der Waals surface area contributed by atoms with Crippen LogP contribution in [0.2, 0.25) is 0 Å². The summed E-state index contributed by atoms with van der Waals surface area (Å²) in [6, 6.07) is 0.484. The lowest BCUT2D eigenvalue weighted by Gasteiger charge is -2.33. The predicted octanol–water partition coefficient (Wildman–Crippen LogP) is 1.59. The number of rotatable bonds is 4. The van der Waals surface area contributed by atoms with Gasteiger partial charge in [-0.25, -0.2) is 4.79 Å². The molecule has 1 N–H and O–H groups in total. The van der Waals surface area contributed by atoms with E-state index >= 15 is 0 Å². The molecule has 2 aliphatic rings. The number of nitrogens with zero attached hydrogens (tertiary/aromatic N) is 1. The summed E-state index contributed by atoms with van der Waals surface area (Å²) in [4.78, 5) is 13.2. The lowest BCUT2D eigenvalue weighted by Crippen LogP contribution is -2.42. The van der Waals surface area contributed by atoms with Gasteiger partial charge in [-0.05, 0) is 25.7 Å². The number of alkyl halides is 1. The lowest BCUT2D eigenvalue weighted by molar-refractivity contribution is -0.133. The van der Waals surface area contributed by atoms with E-state index in [9.17, 15) is 9.18 Å². The molecule has 2 aliphatic heterocycles. The Bertz CT molecular complexity index is 290. The second kappa shape index (κ2) is 4.31. The van der Waals surface area contributed by atoms with E-state index in [0.717, 1.165) is 19.3 Å². The average Bonchev–Trinajstić information content (AvgIpc) is 2.47. The van der Waals surface area contributed by atoms with Gasteiger partial charge in [0.1, 0.15) is 0 Å². The number of fused-ring (bicyclic) bond motifs is 2. The Labute approximate surface area is 88.6 Å². The van der Waals surface area contributed by atoms with Gasteiger partial charge >= 0.3 is 5.97 Å². The third-order valence-electron chi connectivity index (χ3n) is 3.41. The zero-order chi connectivity index (χ0) is 10.8. The molecule has 4 heteroatoms. The number of aliphatic carboxylic acids is 1. The third-order valence-corrected chi connectivity index (χ3v) is 3.41. The van der Waals surface area contributed by atoms with Crippen LogP contribution in [-0.4, -0.2) is 41.3 Å². The van der Waals surface area contributed by atoms with E-state index < -0.39 is 5.97 Å². The van der Waals surface area contributed by atoms with Gasteiger partial charge in [-0.1, -0.05) is 6.08 Å². The number of hydrogen-bond donors (Lipinski definition) is 1. The van der Waals surface area contributed by atoms with Crippen molar-refractivity contribution in [1.29, 1.82) is 0 Å². The van der Waals surface area contributed by atoms with E-state index in [0.29, 0.717) is 24.6 Å². The van der Waals surface area contributed by atoms with Gasteiger partial charge in [-0.3, -0.25) is 9.29 Å². The first-order valence-electron chi connectivity index (χ1n) is 5.49. The highest BCUT2D eigenvalue weighted by molar-refractivity contribution is 5.88. The van der Waals surface area contributed by atoms with Crippen molar-refractivity contribution in [2.45, 2.75) is 37.8 Å². The molecule has 0 aromatic carbocycles. The Morgan fingerprint density at radius 3 is 3.07 bits per heavy atom. The molecule has 0 amide bonds. The summed E-state index contributed by atoms with van der Waals surface area (Å²) >= 11 is 0. The van der Waals surface area contributed by atoms with Crippen LogP contribution in [0, 0.1) is 0 Å². The van der Waals surface area contributed by atoms with Crippen LogP contribution in [0.4, 0.5) is 4.39 Å². The number of carboxylic acid groups (broad SMARTS) is 1. The summed E-state index contributed by atoms with van der Waals surface area (Å²) in [6.07, 6.45) is 5.13. The van der Waals surface area contributed by atoms with Crippen LogP contribution in [0.1, 0.15) is 25.7 Å². The minimum atomic E-state index is -0.814. The quantitative estimate of drug-likeness (QED) is 0.771. The normalized spacial score (nSPS) is 30.3. The zero-order valence-electron chi connectivity index (χ0n) is 8.66. The smallest absolute Gasteiger partial charge is 0.332 e. The van der Waals surface area contributed by atoms with Gasteiger partial charge in [-0.2, -0.15) is 0 Å². The minimum absolute atomic E-state index is 0.0350. The summed E-state index contributed by atoms with van der Waals surface area (Å²) < 4.78 is 12.1. The van der Waals surface area contributed by atoms with Crippen molar-refractivity contribution in [3.63, 3.8) is 0 Å². The van der Waals surface area contributed by atoms with Gasteiger partial charge in [0.05, 0.1) is 12.2 Å². The fraction of sp³-hybridized carbons (Fsp3) is 0.727. The number of halogens is 1. The van der Waals surface area contributed by atoms with Crippen LogP contribution in [0.25, 0.3) is 0 Å². The first-order valence-corrected chi connectivity index (χ1v) is 5.49. The first kappa shape index (κ1) is 10.6. The molecule has 0 aromatic heterocycles. The SMILES string of the molecule is O=C(O)C1=CCC2CCC1N2CCCF. The fourth-order valence-corrected chi connectivity index (χ4v) is 2.73. The topological polar surface area (TPSA) is 40.5 Å². The molecule has 0 aromatic rings. The van der Waals surface area contributed by atoms with Crippen LogP contribution in [0.3, 0.4) is 0 Å². The Morgan fingerprint density at radius 1 is 1.60 bits per heavy atom. The van der Waals surface area contributed by atoms with Crippen LogP contribution in [-0.2, 0) is 4.79 Å². The summed E-state index contributed by atoms with van der Waals surface area (Å²) in [5.41, 5.74) is 0.516. The predicted molar refractivity (Wildman–Crippen MR) is 54.4 cm³/mol. The van der Waals surface area contributed by atoms with Gasteiger partial charge in [0, 0.05) is 18.6 Å². The van der Waals surface area contributed by atoms with Crippen LogP contribution in [0.15, 0.2) is 11.6 Å². The van der Waals surface area contributed by atoms with Crippen molar-refractivity contribution in [1.82, 2.24) is 4.90 Å². The minimum Gasteiger partial charge on any atom is -0.478 e. The van der Waals surface area contributed by atoms with E-state index in [2.05, 4.69) is 4.90 Å². The van der Waals surface area contributed by atoms with Crippen molar-refractivity contribution in [2.24, 2.45) is 0 Å². The summed E-state index contributed by atoms with van der Waals surface area (Å²) in [7, 11) is 0. The molecule has 0 aliphatic carbocycles. The first-order chi connectivity index (χ1) is 7.24. The molecule has 2 unspecified atom stereocenters. The van der Waals surface area contributed by atoms with E-state index in [1.807, 2.05) is 6.08 Å². The lowest BCUT2D eigenvalue weighted by atomic mass is 10.0. The second-order valence-corrected chi connectivity index (χ2v) is 4.23. The van der Waals surface area contributed by atoms with Crippen LogP contribution < -0.4 is 0 Å². The maximum absolute atomic E-state index is 12.1. The van der Waals surface area contributed by atoms with Gasteiger partial charge in [0.2, 0.25) is 0 Å². The largest absolute Gasteiger partial charge is 0.478 e. The van der Waals surface area contributed by atoms with Crippen molar-refractivity contribution < 1.29 is 14.3 Å². The molecule has 0 spiro atoms. The van der Waals surface area contributed by atoms with E-state index in [1.54, 1.807) is 0 Å². The third kappa shape index (κ3) is 1.91. The molecule has 1 fully saturated rings. The molecule has 2 rings (SSSR count). The highest BCUT2D eigenvalue weighted by atomic mass is 19.1. The second-order valence-electron chi connectivity index (χ2n) is 4.23. The highest BCUT2D eigenvalue weighted by Gasteiger charge is 2.39. The van der Waals surface area contributed by atoms with Crippen molar-refractivity contribution in [3.8, 4) is 0 Å². The number of hydrogen-bond acceptors (Lipinski definition) is 2. The number of carbonyl (C=O) groups is 1. The van der Waals surface area contributed by atoms with E-state index in [-0.39, 0.29) is 12.7 Å². The maximum Gasteiger partial charge on any atom is 0.332 e. The standard InChI is InChI=1S/C11H16FNO2/c12-6-1-7-13-8-2-4-9(11(14)15)10(13)5-3-8/h4,8,10H,1-3,5-7H2,(H,14,15). The number of carboxylic acids is 1. The molecule has 2 bridgehead atoms. The van der Waals surface area contributed by atoms with E-state index in [4.69, 9.17) is 5.11 Å². The Kier molecular flexibility index (Phi) is 3.05. The van der Waals surface area contributed by atoms with Crippen LogP contribution >= 0.6 is 0 Å². The molecule has 3 nitrogen and oxygen atoms in total. The molecule has 2 heterocycles. The fourth-order valence-electron chi connectivity index (χ4n) is 2.73. The molecular formula is C11H16FNO2. The van der Waals surface area contributed by atoms with Crippen molar-refractivity contribution in [2.75, 3.05) is 13.2 Å². The Balaban J connectivity index is 2.09. The molecule has 84 valence electrons. The van der Waals surface area contributed by atoms with Crippen LogP contribution in [0.5, 0.6) is 0 Å². The average molecular weight is 213 g/mol. The molecular weight excluding hydrogens is 197 g/mol. The maximum atomic E-state index is 12.1. The van der Waals surface area contributed by atoms with Gasteiger partial charge < -0.3 is 5.11 Å². The van der Waals surface area contributed by atoms with Crippen molar-refractivity contribution >= 4 is 5.97 Å². The molecule has 2 atom stereocenters. The monoisotopic (exact) mass is 213 g/mol. The van der Waals surface area contributed by atoms with Gasteiger partial charge in [0.15, 0.2) is 0 Å². The van der Waals surface area contributed by atoms with Gasteiger partial charge in [-0.15, -0.1) is 0 Å². The summed E-state index contributed by atoms with van der Waals surface area (Å²) in [6.45, 7) is 0.374. The Morgan fingerprint density at radius 2 is 2.40 bits per heavy atom. The molecule has 0 saturated carbocycles. The van der Waals surface area contributed by atoms with Gasteiger partial charge in [0.25, 0.3) is 0 Å². The zero-order valence-corrected chi connectivity index (χ0v) is 8.66. The van der Waals surface area contributed by atoms with Crippen molar-refractivity contribution in [3.05, 3.63) is 11.6 Å². The highest BCUT2D eigenvalue weighted by Crippen LogP contribution is 2.35.